The van der Waals surface area contributed by atoms with Crippen molar-refractivity contribution >= 4 is 23.2 Å². The van der Waals surface area contributed by atoms with Gasteiger partial charge in [-0.2, -0.15) is 0 Å². The fourth-order valence-corrected chi connectivity index (χ4v) is 4.39. The summed E-state index contributed by atoms with van der Waals surface area (Å²) in [4.78, 5) is 2.41. The van der Waals surface area contributed by atoms with Crippen molar-refractivity contribution in [2.75, 3.05) is 46.1 Å². The van der Waals surface area contributed by atoms with Gasteiger partial charge in [0.15, 0.2) is 5.75 Å². The molecule has 0 spiro atoms. The lowest BCUT2D eigenvalue weighted by Gasteiger charge is -2.27. The molecule has 1 heterocycles. The fourth-order valence-electron chi connectivity index (χ4n) is 3.79. The second-order valence-electron chi connectivity index (χ2n) is 8.95. The van der Waals surface area contributed by atoms with E-state index in [4.69, 9.17) is 37.4 Å². The predicted molar refractivity (Wildman–Crippen MR) is 134 cm³/mol. The topological polar surface area (TPSA) is 51.2 Å². The van der Waals surface area contributed by atoms with Gasteiger partial charge in [0.1, 0.15) is 12.4 Å². The van der Waals surface area contributed by atoms with E-state index < -0.39 is 6.10 Å². The first-order valence-corrected chi connectivity index (χ1v) is 12.4. The van der Waals surface area contributed by atoms with E-state index >= 15 is 0 Å². The van der Waals surface area contributed by atoms with E-state index in [9.17, 15) is 5.11 Å². The molecule has 0 radical (unpaired) electrons. The normalized spacial score (nSPS) is 15.9. The summed E-state index contributed by atoms with van der Waals surface area (Å²) in [6.45, 7) is 11.7. The molecule has 7 heteroatoms. The van der Waals surface area contributed by atoms with Gasteiger partial charge in [-0.05, 0) is 48.2 Å². The van der Waals surface area contributed by atoms with Crippen LogP contribution in [0.25, 0.3) is 0 Å². The number of morpholine rings is 1. The summed E-state index contributed by atoms with van der Waals surface area (Å²) in [6, 6.07) is 12.0. The highest BCUT2D eigenvalue weighted by atomic mass is 35.5. The minimum atomic E-state index is -0.548. The van der Waals surface area contributed by atoms with Crippen LogP contribution in [0.3, 0.4) is 0 Å². The molecule has 1 aliphatic rings. The van der Waals surface area contributed by atoms with E-state index in [0.717, 1.165) is 56.1 Å². The summed E-state index contributed by atoms with van der Waals surface area (Å²) in [5.41, 5.74) is 1.80. The number of aliphatic hydroxyl groups is 1. The SMILES string of the molecule is CCC(O)COc1c(Cl)cc(C(C)(C)c2ccc(OCCCN3CCOCC3)cc2)cc1Cl. The van der Waals surface area contributed by atoms with Crippen LogP contribution < -0.4 is 9.47 Å². The van der Waals surface area contributed by atoms with Gasteiger partial charge in [0.25, 0.3) is 0 Å². The highest BCUT2D eigenvalue weighted by Crippen LogP contribution is 2.40. The molecule has 0 amide bonds. The lowest BCUT2D eigenvalue weighted by molar-refractivity contribution is 0.0358. The number of ether oxygens (including phenoxy) is 3. The van der Waals surface area contributed by atoms with Crippen molar-refractivity contribution < 1.29 is 19.3 Å². The Morgan fingerprint density at radius 3 is 2.27 bits per heavy atom. The average molecular weight is 496 g/mol. The number of hydrogen-bond acceptors (Lipinski definition) is 5. The van der Waals surface area contributed by atoms with Crippen LogP contribution in [0.2, 0.25) is 10.0 Å². The van der Waals surface area contributed by atoms with E-state index in [-0.39, 0.29) is 12.0 Å². The molecule has 0 bridgehead atoms. The van der Waals surface area contributed by atoms with E-state index in [1.165, 1.54) is 0 Å². The Bertz CT molecular complexity index is 859. The van der Waals surface area contributed by atoms with Gasteiger partial charge in [0, 0.05) is 25.0 Å². The zero-order valence-electron chi connectivity index (χ0n) is 19.8. The molecule has 1 atom stereocenters. The van der Waals surface area contributed by atoms with Crippen LogP contribution in [0.5, 0.6) is 11.5 Å². The Kier molecular flexibility index (Phi) is 9.71. The summed E-state index contributed by atoms with van der Waals surface area (Å²) < 4.78 is 17.0. The zero-order valence-corrected chi connectivity index (χ0v) is 21.3. The molecule has 0 aromatic heterocycles. The third-order valence-electron chi connectivity index (χ3n) is 6.18. The van der Waals surface area contributed by atoms with Gasteiger partial charge >= 0.3 is 0 Å². The van der Waals surface area contributed by atoms with Crippen LogP contribution in [-0.4, -0.2) is 62.2 Å². The first-order valence-electron chi connectivity index (χ1n) is 11.6. The second kappa shape index (κ2) is 12.3. The molecule has 0 aliphatic carbocycles. The lowest BCUT2D eigenvalue weighted by atomic mass is 9.78. The average Bonchev–Trinajstić information content (AvgIpc) is 2.82. The standard InChI is InChI=1S/C26H35Cl2NO4/c1-4-21(30)18-33-25-23(27)16-20(17-24(25)28)26(2,3)19-6-8-22(9-7-19)32-13-5-10-29-11-14-31-15-12-29/h6-9,16-17,21,30H,4-5,10-15,18H2,1-3H3. The number of hydrogen-bond donors (Lipinski definition) is 1. The van der Waals surface area contributed by atoms with Gasteiger partial charge < -0.3 is 19.3 Å². The van der Waals surface area contributed by atoms with Gasteiger partial charge in [-0.3, -0.25) is 4.90 Å². The largest absolute Gasteiger partial charge is 0.494 e. The fraction of sp³-hybridized carbons (Fsp3) is 0.538. The minimum absolute atomic E-state index is 0.159. The maximum absolute atomic E-state index is 9.76. The molecule has 1 aliphatic heterocycles. The molecule has 1 unspecified atom stereocenters. The number of rotatable bonds is 11. The van der Waals surface area contributed by atoms with E-state index in [0.29, 0.717) is 28.8 Å². The molecule has 1 saturated heterocycles. The van der Waals surface area contributed by atoms with E-state index in [2.05, 4.69) is 30.9 Å². The summed E-state index contributed by atoms with van der Waals surface area (Å²) in [6.07, 6.45) is 1.05. The van der Waals surface area contributed by atoms with Gasteiger partial charge in [-0.1, -0.05) is 56.1 Å². The maximum atomic E-state index is 9.76. The van der Waals surface area contributed by atoms with Gasteiger partial charge in [0.05, 0.1) is 36.0 Å². The first-order chi connectivity index (χ1) is 15.8. The number of halogens is 2. The van der Waals surface area contributed by atoms with Gasteiger partial charge in [-0.15, -0.1) is 0 Å². The Balaban J connectivity index is 1.60. The summed E-state index contributed by atoms with van der Waals surface area (Å²) >= 11 is 13.0. The monoisotopic (exact) mass is 495 g/mol. The molecular weight excluding hydrogens is 461 g/mol. The van der Waals surface area contributed by atoms with Crippen molar-refractivity contribution in [2.45, 2.75) is 45.1 Å². The van der Waals surface area contributed by atoms with Crippen LogP contribution in [-0.2, 0) is 10.2 Å². The molecular formula is C26H35Cl2NO4. The highest BCUT2D eigenvalue weighted by Gasteiger charge is 2.26. The van der Waals surface area contributed by atoms with E-state index in [1.54, 1.807) is 0 Å². The Hall–Kier alpha value is -1.50. The van der Waals surface area contributed by atoms with Crippen LogP contribution >= 0.6 is 23.2 Å². The number of nitrogens with zero attached hydrogens (tertiary/aromatic N) is 1. The maximum Gasteiger partial charge on any atom is 0.156 e. The highest BCUT2D eigenvalue weighted by molar-refractivity contribution is 6.37. The van der Waals surface area contributed by atoms with Crippen molar-refractivity contribution in [2.24, 2.45) is 0 Å². The summed E-state index contributed by atoms with van der Waals surface area (Å²) in [5.74, 6) is 1.28. The second-order valence-corrected chi connectivity index (χ2v) is 9.76. The molecule has 2 aromatic rings. The Morgan fingerprint density at radius 1 is 1.03 bits per heavy atom. The minimum Gasteiger partial charge on any atom is -0.494 e. The molecule has 2 aromatic carbocycles. The van der Waals surface area contributed by atoms with Crippen molar-refractivity contribution in [3.63, 3.8) is 0 Å². The van der Waals surface area contributed by atoms with Crippen LogP contribution in [0, 0.1) is 0 Å². The lowest BCUT2D eigenvalue weighted by Crippen LogP contribution is -2.37. The number of aliphatic hydroxyl groups excluding tert-OH is 1. The van der Waals surface area contributed by atoms with Crippen molar-refractivity contribution in [3.05, 3.63) is 57.6 Å². The van der Waals surface area contributed by atoms with Gasteiger partial charge in [0.2, 0.25) is 0 Å². The van der Waals surface area contributed by atoms with Crippen molar-refractivity contribution in [3.8, 4) is 11.5 Å². The molecule has 1 N–H and O–H groups in total. The Labute approximate surface area is 207 Å². The smallest absolute Gasteiger partial charge is 0.156 e. The molecule has 33 heavy (non-hydrogen) atoms. The Morgan fingerprint density at radius 2 is 1.67 bits per heavy atom. The zero-order chi connectivity index (χ0) is 23.8. The molecule has 0 saturated carbocycles. The number of benzene rings is 2. The molecule has 182 valence electrons. The summed E-state index contributed by atoms with van der Waals surface area (Å²) in [5, 5.41) is 10.6. The van der Waals surface area contributed by atoms with Crippen molar-refractivity contribution in [1.82, 2.24) is 4.90 Å². The van der Waals surface area contributed by atoms with Crippen LogP contribution in [0.15, 0.2) is 36.4 Å². The van der Waals surface area contributed by atoms with Crippen molar-refractivity contribution in [1.29, 1.82) is 0 Å². The van der Waals surface area contributed by atoms with Crippen LogP contribution in [0.4, 0.5) is 0 Å². The quantitative estimate of drug-likeness (QED) is 0.413. The van der Waals surface area contributed by atoms with Crippen LogP contribution in [0.1, 0.15) is 44.7 Å². The third-order valence-corrected chi connectivity index (χ3v) is 6.74. The summed E-state index contributed by atoms with van der Waals surface area (Å²) in [7, 11) is 0. The van der Waals surface area contributed by atoms with Gasteiger partial charge in [-0.25, -0.2) is 0 Å². The predicted octanol–water partition coefficient (Wildman–Crippen LogP) is 5.57. The third kappa shape index (κ3) is 7.24. The first kappa shape index (κ1) is 26.1. The van der Waals surface area contributed by atoms with E-state index in [1.807, 2.05) is 31.2 Å². The molecule has 5 nitrogen and oxygen atoms in total. The molecule has 1 fully saturated rings. The molecule has 3 rings (SSSR count).